The van der Waals surface area contributed by atoms with Crippen molar-refractivity contribution in [3.05, 3.63) is 34.6 Å². The maximum absolute atomic E-state index is 13.2. The molecule has 1 aliphatic rings. The van der Waals surface area contributed by atoms with Gasteiger partial charge in [0.05, 0.1) is 5.02 Å². The number of Topliss-reactive ketones (excluding diaryl/α,β-unsaturated/α-hetero) is 1. The molecular weight excluding hydrogens is 229 g/mol. The third kappa shape index (κ3) is 2.60. The SMILES string of the molecule is O=C(Cc1ccc(Cl)c(F)c1)C1CCNC1. The van der Waals surface area contributed by atoms with E-state index >= 15 is 0 Å². The van der Waals surface area contributed by atoms with Gasteiger partial charge in [-0.15, -0.1) is 0 Å². The van der Waals surface area contributed by atoms with Gasteiger partial charge in [0.1, 0.15) is 11.6 Å². The molecule has 0 aliphatic carbocycles. The van der Waals surface area contributed by atoms with Gasteiger partial charge in [-0.1, -0.05) is 17.7 Å². The molecule has 0 bridgehead atoms. The fourth-order valence-electron chi connectivity index (χ4n) is 1.92. The molecule has 1 saturated heterocycles. The molecule has 4 heteroatoms. The number of benzene rings is 1. The number of carbonyl (C=O) groups is 1. The molecule has 16 heavy (non-hydrogen) atoms. The summed E-state index contributed by atoms with van der Waals surface area (Å²) in [6, 6.07) is 4.53. The standard InChI is InChI=1S/C12H13ClFNO/c13-10-2-1-8(5-11(10)14)6-12(16)9-3-4-15-7-9/h1-2,5,9,15H,3-4,6-7H2. The molecule has 1 N–H and O–H groups in total. The van der Waals surface area contributed by atoms with Crippen LogP contribution >= 0.6 is 11.6 Å². The first-order valence-corrected chi connectivity index (χ1v) is 5.72. The summed E-state index contributed by atoms with van der Waals surface area (Å²) in [6.07, 6.45) is 1.18. The zero-order chi connectivity index (χ0) is 11.5. The van der Waals surface area contributed by atoms with E-state index in [1.54, 1.807) is 6.07 Å². The van der Waals surface area contributed by atoms with E-state index in [9.17, 15) is 9.18 Å². The van der Waals surface area contributed by atoms with Gasteiger partial charge in [-0.05, 0) is 30.7 Å². The second kappa shape index (κ2) is 4.93. The average molecular weight is 242 g/mol. The van der Waals surface area contributed by atoms with E-state index in [1.165, 1.54) is 12.1 Å². The summed E-state index contributed by atoms with van der Waals surface area (Å²) in [4.78, 5) is 11.8. The molecule has 0 saturated carbocycles. The minimum Gasteiger partial charge on any atom is -0.316 e. The van der Waals surface area contributed by atoms with E-state index in [0.29, 0.717) is 12.0 Å². The van der Waals surface area contributed by atoms with E-state index < -0.39 is 5.82 Å². The monoisotopic (exact) mass is 241 g/mol. The molecule has 2 nitrogen and oxygen atoms in total. The van der Waals surface area contributed by atoms with E-state index in [0.717, 1.165) is 19.5 Å². The van der Waals surface area contributed by atoms with Gasteiger partial charge in [-0.3, -0.25) is 4.79 Å². The van der Waals surface area contributed by atoms with Crippen molar-refractivity contribution in [3.63, 3.8) is 0 Å². The van der Waals surface area contributed by atoms with Crippen molar-refractivity contribution < 1.29 is 9.18 Å². The van der Waals surface area contributed by atoms with Crippen LogP contribution in [-0.4, -0.2) is 18.9 Å². The largest absolute Gasteiger partial charge is 0.316 e. The summed E-state index contributed by atoms with van der Waals surface area (Å²) in [7, 11) is 0. The van der Waals surface area contributed by atoms with Gasteiger partial charge >= 0.3 is 0 Å². The molecule has 0 spiro atoms. The quantitative estimate of drug-likeness (QED) is 0.879. The predicted molar refractivity (Wildman–Crippen MR) is 61.1 cm³/mol. The second-order valence-corrected chi connectivity index (χ2v) is 4.49. The molecule has 2 rings (SSSR count). The number of ketones is 1. The molecule has 0 radical (unpaired) electrons. The smallest absolute Gasteiger partial charge is 0.142 e. The summed E-state index contributed by atoms with van der Waals surface area (Å²) >= 11 is 5.57. The summed E-state index contributed by atoms with van der Waals surface area (Å²) in [6.45, 7) is 1.64. The molecule has 86 valence electrons. The molecular formula is C12H13ClFNO. The third-order valence-corrected chi connectivity index (χ3v) is 3.18. The minimum absolute atomic E-state index is 0.0822. The highest BCUT2D eigenvalue weighted by Gasteiger charge is 2.22. The first-order chi connectivity index (χ1) is 7.66. The lowest BCUT2D eigenvalue weighted by atomic mass is 9.97. The Bertz CT molecular complexity index is 402. The number of carbonyl (C=O) groups excluding carboxylic acids is 1. The highest BCUT2D eigenvalue weighted by molar-refractivity contribution is 6.30. The molecule has 1 aliphatic heterocycles. The maximum Gasteiger partial charge on any atom is 0.142 e. The van der Waals surface area contributed by atoms with Gasteiger partial charge in [0.2, 0.25) is 0 Å². The Hall–Kier alpha value is -0.930. The van der Waals surface area contributed by atoms with Crippen LogP contribution in [0.5, 0.6) is 0 Å². The molecule has 1 unspecified atom stereocenters. The zero-order valence-corrected chi connectivity index (χ0v) is 9.56. The Morgan fingerprint density at radius 3 is 3.00 bits per heavy atom. The lowest BCUT2D eigenvalue weighted by Gasteiger charge is -2.07. The molecule has 1 fully saturated rings. The van der Waals surface area contributed by atoms with E-state index in [-0.39, 0.29) is 16.7 Å². The van der Waals surface area contributed by atoms with Gasteiger partial charge in [-0.25, -0.2) is 4.39 Å². The Morgan fingerprint density at radius 2 is 2.38 bits per heavy atom. The molecule has 1 heterocycles. The normalized spacial score (nSPS) is 20.0. The number of hydrogen-bond acceptors (Lipinski definition) is 2. The molecule has 1 atom stereocenters. The lowest BCUT2D eigenvalue weighted by Crippen LogP contribution is -2.19. The molecule has 0 amide bonds. The van der Waals surface area contributed by atoms with Crippen LogP contribution in [0.3, 0.4) is 0 Å². The van der Waals surface area contributed by atoms with Crippen molar-refractivity contribution in [2.75, 3.05) is 13.1 Å². The molecule has 0 aromatic heterocycles. The number of hydrogen-bond donors (Lipinski definition) is 1. The van der Waals surface area contributed by atoms with Crippen LogP contribution in [0.1, 0.15) is 12.0 Å². The van der Waals surface area contributed by atoms with Gasteiger partial charge in [0.15, 0.2) is 0 Å². The second-order valence-electron chi connectivity index (χ2n) is 4.08. The van der Waals surface area contributed by atoms with Crippen molar-refractivity contribution in [2.24, 2.45) is 5.92 Å². The van der Waals surface area contributed by atoms with Gasteiger partial charge in [0.25, 0.3) is 0 Å². The van der Waals surface area contributed by atoms with Crippen LogP contribution in [0.2, 0.25) is 5.02 Å². The van der Waals surface area contributed by atoms with Gasteiger partial charge in [-0.2, -0.15) is 0 Å². The summed E-state index contributed by atoms with van der Waals surface area (Å²) in [5, 5.41) is 3.24. The number of rotatable bonds is 3. The Kier molecular flexibility index (Phi) is 3.56. The summed E-state index contributed by atoms with van der Waals surface area (Å²) < 4.78 is 13.2. The van der Waals surface area contributed by atoms with E-state index in [2.05, 4.69) is 5.32 Å². The Labute approximate surface area is 98.8 Å². The number of halogens is 2. The average Bonchev–Trinajstić information content (AvgIpc) is 2.77. The topological polar surface area (TPSA) is 29.1 Å². The van der Waals surface area contributed by atoms with Gasteiger partial charge in [0, 0.05) is 18.9 Å². The fourth-order valence-corrected chi connectivity index (χ4v) is 2.04. The Morgan fingerprint density at radius 1 is 1.56 bits per heavy atom. The van der Waals surface area contributed by atoms with Crippen LogP contribution in [0, 0.1) is 11.7 Å². The maximum atomic E-state index is 13.2. The van der Waals surface area contributed by atoms with Crippen LogP contribution in [0.25, 0.3) is 0 Å². The predicted octanol–water partition coefficient (Wildman–Crippen LogP) is 2.20. The van der Waals surface area contributed by atoms with Crippen LogP contribution in [0.15, 0.2) is 18.2 Å². The number of nitrogens with one attached hydrogen (secondary N) is 1. The first kappa shape index (κ1) is 11.6. The van der Waals surface area contributed by atoms with Crippen molar-refractivity contribution in [1.82, 2.24) is 5.32 Å². The zero-order valence-electron chi connectivity index (χ0n) is 8.80. The van der Waals surface area contributed by atoms with Crippen molar-refractivity contribution in [1.29, 1.82) is 0 Å². The Balaban J connectivity index is 2.02. The minimum atomic E-state index is -0.462. The lowest BCUT2D eigenvalue weighted by molar-refractivity contribution is -0.121. The molecule has 1 aromatic rings. The van der Waals surface area contributed by atoms with Crippen molar-refractivity contribution in [3.8, 4) is 0 Å². The van der Waals surface area contributed by atoms with E-state index in [1.807, 2.05) is 0 Å². The third-order valence-electron chi connectivity index (χ3n) is 2.88. The van der Waals surface area contributed by atoms with Gasteiger partial charge < -0.3 is 5.32 Å². The fraction of sp³-hybridized carbons (Fsp3) is 0.417. The first-order valence-electron chi connectivity index (χ1n) is 5.34. The van der Waals surface area contributed by atoms with Crippen LogP contribution in [0.4, 0.5) is 4.39 Å². The van der Waals surface area contributed by atoms with Crippen LogP contribution in [-0.2, 0) is 11.2 Å². The highest BCUT2D eigenvalue weighted by atomic mass is 35.5. The highest BCUT2D eigenvalue weighted by Crippen LogP contribution is 2.18. The van der Waals surface area contributed by atoms with Crippen LogP contribution < -0.4 is 5.32 Å². The summed E-state index contributed by atoms with van der Waals surface area (Å²) in [5.41, 5.74) is 0.693. The van der Waals surface area contributed by atoms with Crippen molar-refractivity contribution in [2.45, 2.75) is 12.8 Å². The van der Waals surface area contributed by atoms with Crippen molar-refractivity contribution >= 4 is 17.4 Å². The van der Waals surface area contributed by atoms with E-state index in [4.69, 9.17) is 11.6 Å². The summed E-state index contributed by atoms with van der Waals surface area (Å²) in [5.74, 6) is -0.207. The molecule has 1 aromatic carbocycles.